The standard InChI is InChI=1S/C16H18N2O2/c17-10-16(19)18-11-13-6-8-15(9-7-13)20-12-14-4-2-1-3-5-14/h1-9H,10-12,17H2,(H,18,19). The Morgan fingerprint density at radius 1 is 1.00 bits per heavy atom. The molecule has 1 amide bonds. The topological polar surface area (TPSA) is 64.4 Å². The molecule has 2 aromatic carbocycles. The lowest BCUT2D eigenvalue weighted by atomic mass is 10.2. The molecule has 0 aliphatic rings. The second kappa shape index (κ2) is 7.31. The van der Waals surface area contributed by atoms with Crippen LogP contribution >= 0.6 is 0 Å². The largest absolute Gasteiger partial charge is 0.489 e. The summed E-state index contributed by atoms with van der Waals surface area (Å²) in [6.45, 7) is 1.04. The van der Waals surface area contributed by atoms with E-state index in [1.807, 2.05) is 54.6 Å². The molecule has 0 aliphatic heterocycles. The van der Waals surface area contributed by atoms with Gasteiger partial charge in [0.15, 0.2) is 0 Å². The van der Waals surface area contributed by atoms with Gasteiger partial charge in [0.25, 0.3) is 0 Å². The Kier molecular flexibility index (Phi) is 5.15. The highest BCUT2D eigenvalue weighted by atomic mass is 16.5. The van der Waals surface area contributed by atoms with Crippen molar-refractivity contribution in [2.45, 2.75) is 13.2 Å². The molecule has 0 saturated heterocycles. The van der Waals surface area contributed by atoms with E-state index in [9.17, 15) is 4.79 Å². The van der Waals surface area contributed by atoms with Crippen molar-refractivity contribution in [2.75, 3.05) is 6.54 Å². The maximum atomic E-state index is 11.1. The second-order valence-corrected chi connectivity index (χ2v) is 4.40. The molecule has 0 unspecified atom stereocenters. The summed E-state index contributed by atoms with van der Waals surface area (Å²) in [7, 11) is 0. The lowest BCUT2D eigenvalue weighted by Crippen LogP contribution is -2.29. The summed E-state index contributed by atoms with van der Waals surface area (Å²) in [5, 5.41) is 2.72. The number of hydrogen-bond donors (Lipinski definition) is 2. The van der Waals surface area contributed by atoms with Crippen molar-refractivity contribution in [1.29, 1.82) is 0 Å². The molecule has 0 radical (unpaired) electrons. The van der Waals surface area contributed by atoms with Gasteiger partial charge < -0.3 is 15.8 Å². The van der Waals surface area contributed by atoms with Crippen molar-refractivity contribution in [3.8, 4) is 5.75 Å². The first-order valence-electron chi connectivity index (χ1n) is 6.50. The zero-order valence-electron chi connectivity index (χ0n) is 11.2. The number of carbonyl (C=O) groups is 1. The molecule has 4 heteroatoms. The molecule has 0 spiro atoms. The minimum absolute atomic E-state index is 0.0122. The fourth-order valence-corrected chi connectivity index (χ4v) is 1.72. The average molecular weight is 270 g/mol. The van der Waals surface area contributed by atoms with Crippen LogP contribution in [0.4, 0.5) is 0 Å². The first kappa shape index (κ1) is 14.1. The van der Waals surface area contributed by atoms with E-state index in [4.69, 9.17) is 10.5 Å². The molecule has 3 N–H and O–H groups in total. The van der Waals surface area contributed by atoms with Crippen LogP contribution in [-0.2, 0) is 17.9 Å². The van der Waals surface area contributed by atoms with Gasteiger partial charge >= 0.3 is 0 Å². The molecule has 0 fully saturated rings. The molecule has 0 aliphatic carbocycles. The molecule has 0 bridgehead atoms. The zero-order chi connectivity index (χ0) is 14.2. The van der Waals surface area contributed by atoms with Crippen molar-refractivity contribution >= 4 is 5.91 Å². The van der Waals surface area contributed by atoms with E-state index in [0.717, 1.165) is 16.9 Å². The maximum Gasteiger partial charge on any atom is 0.234 e. The number of nitrogens with two attached hydrogens (primary N) is 1. The summed E-state index contributed by atoms with van der Waals surface area (Å²) in [4.78, 5) is 11.1. The van der Waals surface area contributed by atoms with Crippen molar-refractivity contribution in [3.63, 3.8) is 0 Å². The molecule has 4 nitrogen and oxygen atoms in total. The van der Waals surface area contributed by atoms with Crippen LogP contribution in [0.2, 0.25) is 0 Å². The number of hydrogen-bond acceptors (Lipinski definition) is 3. The van der Waals surface area contributed by atoms with Crippen LogP contribution in [0.15, 0.2) is 54.6 Å². The van der Waals surface area contributed by atoms with Crippen molar-refractivity contribution in [2.24, 2.45) is 5.73 Å². The molecule has 2 rings (SSSR count). The van der Waals surface area contributed by atoms with Crippen LogP contribution in [0.5, 0.6) is 5.75 Å². The van der Waals surface area contributed by atoms with Crippen LogP contribution in [0.1, 0.15) is 11.1 Å². The maximum absolute atomic E-state index is 11.1. The number of rotatable bonds is 6. The summed E-state index contributed by atoms with van der Waals surface area (Å²) in [5.41, 5.74) is 7.37. The van der Waals surface area contributed by atoms with E-state index in [1.54, 1.807) is 0 Å². The third-order valence-corrected chi connectivity index (χ3v) is 2.85. The van der Waals surface area contributed by atoms with Crippen LogP contribution in [0, 0.1) is 0 Å². The zero-order valence-corrected chi connectivity index (χ0v) is 11.2. The van der Waals surface area contributed by atoms with Gasteiger partial charge in [0.1, 0.15) is 12.4 Å². The van der Waals surface area contributed by atoms with Crippen molar-refractivity contribution < 1.29 is 9.53 Å². The van der Waals surface area contributed by atoms with Gasteiger partial charge in [0.2, 0.25) is 5.91 Å². The van der Waals surface area contributed by atoms with Crippen LogP contribution in [0.25, 0.3) is 0 Å². The van der Waals surface area contributed by atoms with E-state index in [0.29, 0.717) is 13.2 Å². The van der Waals surface area contributed by atoms with E-state index < -0.39 is 0 Å². The number of benzene rings is 2. The molecule has 0 heterocycles. The Labute approximate surface area is 118 Å². The fourth-order valence-electron chi connectivity index (χ4n) is 1.72. The molecule has 0 aromatic heterocycles. The van der Waals surface area contributed by atoms with Gasteiger partial charge in [-0.25, -0.2) is 0 Å². The molecule has 0 atom stereocenters. The fraction of sp³-hybridized carbons (Fsp3) is 0.188. The smallest absolute Gasteiger partial charge is 0.234 e. The number of ether oxygens (including phenoxy) is 1. The highest BCUT2D eigenvalue weighted by Gasteiger charge is 1.99. The first-order valence-corrected chi connectivity index (χ1v) is 6.50. The summed E-state index contributed by atoms with van der Waals surface area (Å²) in [5.74, 6) is 0.650. The van der Waals surface area contributed by atoms with Gasteiger partial charge in [-0.1, -0.05) is 42.5 Å². The quantitative estimate of drug-likeness (QED) is 0.842. The number of amides is 1. The lowest BCUT2D eigenvalue weighted by molar-refractivity contribution is -0.119. The average Bonchev–Trinajstić information content (AvgIpc) is 2.52. The van der Waals surface area contributed by atoms with Gasteiger partial charge in [0, 0.05) is 6.54 Å². The molecule has 0 saturated carbocycles. The summed E-state index contributed by atoms with van der Waals surface area (Å²) in [6, 6.07) is 17.7. The van der Waals surface area contributed by atoms with Gasteiger partial charge in [-0.3, -0.25) is 4.79 Å². The lowest BCUT2D eigenvalue weighted by Gasteiger charge is -2.08. The Morgan fingerprint density at radius 2 is 1.70 bits per heavy atom. The van der Waals surface area contributed by atoms with Crippen LogP contribution in [-0.4, -0.2) is 12.5 Å². The second-order valence-electron chi connectivity index (χ2n) is 4.40. The molecule has 104 valence electrons. The summed E-state index contributed by atoms with van der Waals surface area (Å²) < 4.78 is 5.69. The van der Waals surface area contributed by atoms with Gasteiger partial charge in [0.05, 0.1) is 6.54 Å². The molecular formula is C16H18N2O2. The first-order chi connectivity index (χ1) is 9.78. The monoisotopic (exact) mass is 270 g/mol. The normalized spacial score (nSPS) is 10.1. The van der Waals surface area contributed by atoms with Crippen LogP contribution in [0.3, 0.4) is 0 Å². The van der Waals surface area contributed by atoms with Gasteiger partial charge in [-0.05, 0) is 23.3 Å². The summed E-state index contributed by atoms with van der Waals surface area (Å²) >= 11 is 0. The van der Waals surface area contributed by atoms with E-state index in [-0.39, 0.29) is 12.5 Å². The van der Waals surface area contributed by atoms with Crippen LogP contribution < -0.4 is 15.8 Å². The number of carbonyl (C=O) groups excluding carboxylic acids is 1. The Bertz CT molecular complexity index is 538. The summed E-state index contributed by atoms with van der Waals surface area (Å²) in [6.07, 6.45) is 0. The minimum Gasteiger partial charge on any atom is -0.489 e. The Hall–Kier alpha value is -2.33. The molecular weight excluding hydrogens is 252 g/mol. The SMILES string of the molecule is NCC(=O)NCc1ccc(OCc2ccccc2)cc1. The highest BCUT2D eigenvalue weighted by Crippen LogP contribution is 2.14. The predicted octanol–water partition coefficient (Wildman–Crippen LogP) is 1.84. The third kappa shape index (κ3) is 4.40. The van der Waals surface area contributed by atoms with E-state index >= 15 is 0 Å². The third-order valence-electron chi connectivity index (χ3n) is 2.85. The molecule has 2 aromatic rings. The number of nitrogens with one attached hydrogen (secondary N) is 1. The van der Waals surface area contributed by atoms with E-state index in [1.165, 1.54) is 0 Å². The van der Waals surface area contributed by atoms with Crippen molar-refractivity contribution in [3.05, 3.63) is 65.7 Å². The highest BCUT2D eigenvalue weighted by molar-refractivity contribution is 5.77. The minimum atomic E-state index is -0.158. The van der Waals surface area contributed by atoms with Crippen molar-refractivity contribution in [1.82, 2.24) is 5.32 Å². The predicted molar refractivity (Wildman–Crippen MR) is 78.1 cm³/mol. The Morgan fingerprint density at radius 3 is 2.35 bits per heavy atom. The van der Waals surface area contributed by atoms with E-state index in [2.05, 4.69) is 5.32 Å². The van der Waals surface area contributed by atoms with Gasteiger partial charge in [-0.2, -0.15) is 0 Å². The van der Waals surface area contributed by atoms with Gasteiger partial charge in [-0.15, -0.1) is 0 Å². The Balaban J connectivity index is 1.84. The molecule has 20 heavy (non-hydrogen) atoms.